The lowest BCUT2D eigenvalue weighted by Gasteiger charge is -2.39. The van der Waals surface area contributed by atoms with Crippen molar-refractivity contribution in [3.63, 3.8) is 0 Å². The van der Waals surface area contributed by atoms with Gasteiger partial charge in [-0.3, -0.25) is 19.9 Å². The zero-order chi connectivity index (χ0) is 70.7. The van der Waals surface area contributed by atoms with Gasteiger partial charge in [0.15, 0.2) is 0 Å². The van der Waals surface area contributed by atoms with Crippen molar-refractivity contribution in [1.82, 2.24) is 19.9 Å². The van der Waals surface area contributed by atoms with Crippen LogP contribution < -0.4 is 19.6 Å². The van der Waals surface area contributed by atoms with Gasteiger partial charge < -0.3 is 48.8 Å². The fraction of sp³-hybridized carbons (Fsp3) is 0.500. The molecule has 18 nitrogen and oxygen atoms in total. The molecular formula is C80H104N8O10. The average Bonchev–Trinajstić information content (AvgIpc) is 0.789. The third kappa shape index (κ3) is 17.1. The zero-order valence-electron chi connectivity index (χ0n) is 60.7. The number of ether oxygens (including phenoxy) is 4. The summed E-state index contributed by atoms with van der Waals surface area (Å²) in [7, 11) is 0. The van der Waals surface area contributed by atoms with E-state index < -0.39 is 0 Å². The maximum Gasteiger partial charge on any atom is 0.341 e. The van der Waals surface area contributed by atoms with E-state index in [1.54, 1.807) is 31.7 Å². The number of carbonyl (C=O) groups excluding carboxylic acids is 4. The third-order valence-electron chi connectivity index (χ3n) is 19.6. The second kappa shape index (κ2) is 32.9. The molecule has 0 aliphatic carbocycles. The van der Waals surface area contributed by atoms with Crippen LogP contribution in [0.25, 0.3) is 43.6 Å². The van der Waals surface area contributed by atoms with Gasteiger partial charge in [0, 0.05) is 105 Å². The molecular weight excluding hydrogens is 1230 g/mol. The van der Waals surface area contributed by atoms with Crippen molar-refractivity contribution >= 4 is 90.2 Å². The summed E-state index contributed by atoms with van der Waals surface area (Å²) in [5, 5.41) is 23.3. The molecule has 0 saturated carbocycles. The van der Waals surface area contributed by atoms with Crippen LogP contribution in [0.1, 0.15) is 186 Å². The molecule has 4 fully saturated rings. The van der Waals surface area contributed by atoms with Crippen molar-refractivity contribution < 1.29 is 48.3 Å². The molecule has 4 aliphatic rings. The second-order valence-electron chi connectivity index (χ2n) is 28.0. The summed E-state index contributed by atoms with van der Waals surface area (Å²) in [6, 6.07) is 17.0. The van der Waals surface area contributed by atoms with Crippen LogP contribution in [0.4, 0.5) is 22.7 Å². The lowest BCUT2D eigenvalue weighted by atomic mass is 9.82. The van der Waals surface area contributed by atoms with Gasteiger partial charge in [0.05, 0.1) is 77.3 Å². The highest BCUT2D eigenvalue weighted by Crippen LogP contribution is 2.41. The average molecular weight is 1340 g/mol. The van der Waals surface area contributed by atoms with Gasteiger partial charge in [0.2, 0.25) is 0 Å². The van der Waals surface area contributed by atoms with Crippen molar-refractivity contribution in [3.8, 4) is 0 Å². The second-order valence-corrected chi connectivity index (χ2v) is 28.0. The van der Waals surface area contributed by atoms with Gasteiger partial charge in [-0.15, -0.1) is 0 Å². The van der Waals surface area contributed by atoms with Crippen LogP contribution in [-0.4, -0.2) is 146 Å². The first-order chi connectivity index (χ1) is 46.9. The van der Waals surface area contributed by atoms with Crippen LogP contribution in [0.3, 0.4) is 0 Å². The first kappa shape index (κ1) is 73.8. The molecule has 8 aromatic rings. The van der Waals surface area contributed by atoms with E-state index >= 15 is 0 Å². The molecule has 4 saturated heterocycles. The van der Waals surface area contributed by atoms with Crippen LogP contribution in [0.2, 0.25) is 0 Å². The molecule has 4 aromatic carbocycles. The minimum atomic E-state index is -0.341. The number of benzene rings is 4. The summed E-state index contributed by atoms with van der Waals surface area (Å²) in [6.07, 6.45) is 14.2. The molecule has 0 spiro atoms. The summed E-state index contributed by atoms with van der Waals surface area (Å²) in [5.74, 6) is -0.138. The molecule has 2 N–H and O–H groups in total. The number of aryl methyl sites for hydroxylation is 8. The standard InChI is InChI=1S/C21H28N2O2.C20H26N2O3.C20H26N2O2.C19H24N2O3/c1-6-25-20(24)17-13-22-18-15(3)11-14(2)12-16(18)19(17)23-9-7-21(4,5)8-10-23;1-4-25-20(24)17-11-21-18-14(3)9-13(2)10-16(18)19(17)22-7-5-15(12-23)6-8-22;1-5-24-20(23)17-12-21-18-15(4)10-14(3)11-16(18)19(17)22-8-6-13(2)7-9-22;1-4-24-19(23)16-11-20-17-13(3)9-12(2)10-15(17)18(16)21-7-5-14(22)6-8-21/h11-13H,6-10H2,1-5H3;9-11,15,23H,4-8,12H2,1-3H3;10-13H,5-9H2,1-4H3;9-11,14,22H,4-8H2,1-3H3. The van der Waals surface area contributed by atoms with Crippen LogP contribution in [-0.2, 0) is 18.9 Å². The molecule has 18 heteroatoms. The van der Waals surface area contributed by atoms with Gasteiger partial charge in [-0.2, -0.15) is 0 Å². The Kier molecular flexibility index (Phi) is 24.8. The van der Waals surface area contributed by atoms with E-state index in [1.807, 2.05) is 41.5 Å². The van der Waals surface area contributed by atoms with Gasteiger partial charge in [-0.1, -0.05) is 67.3 Å². The number of rotatable bonds is 13. The van der Waals surface area contributed by atoms with Crippen molar-refractivity contribution in [2.45, 2.75) is 161 Å². The van der Waals surface area contributed by atoms with Gasteiger partial charge in [-0.05, 0) is 198 Å². The lowest BCUT2D eigenvalue weighted by Crippen LogP contribution is -2.38. The molecule has 0 unspecified atom stereocenters. The number of aromatic nitrogens is 4. The van der Waals surface area contributed by atoms with E-state index in [-0.39, 0.29) is 36.6 Å². The van der Waals surface area contributed by atoms with Gasteiger partial charge in [0.25, 0.3) is 0 Å². The zero-order valence-corrected chi connectivity index (χ0v) is 60.7. The third-order valence-corrected chi connectivity index (χ3v) is 19.6. The minimum Gasteiger partial charge on any atom is -0.462 e. The maximum atomic E-state index is 12.6. The monoisotopic (exact) mass is 1340 g/mol. The first-order valence-corrected chi connectivity index (χ1v) is 35.5. The van der Waals surface area contributed by atoms with Crippen LogP contribution in [0.15, 0.2) is 73.3 Å². The van der Waals surface area contributed by atoms with Crippen molar-refractivity contribution in [2.75, 3.05) is 105 Å². The van der Waals surface area contributed by atoms with Crippen LogP contribution >= 0.6 is 0 Å². The summed E-state index contributed by atoms with van der Waals surface area (Å²) in [4.78, 5) is 77.4. The Hall–Kier alpha value is -8.48. The van der Waals surface area contributed by atoms with E-state index in [9.17, 15) is 29.4 Å². The molecule has 0 radical (unpaired) electrons. The van der Waals surface area contributed by atoms with Crippen LogP contribution in [0.5, 0.6) is 0 Å². The highest BCUT2D eigenvalue weighted by molar-refractivity contribution is 6.09. The summed E-state index contributed by atoms with van der Waals surface area (Å²) in [6.45, 7) is 39.3. The summed E-state index contributed by atoms with van der Waals surface area (Å²) < 4.78 is 21.1. The SMILES string of the molecule is CCOC(=O)c1cnc2c(C)cc(C)cc2c1N1CCC(C)(C)CC1.CCOC(=O)c1cnc2c(C)cc(C)cc2c1N1CCC(C)CC1.CCOC(=O)c1cnc2c(C)cc(C)cc2c1N1CCC(CO)CC1.CCOC(=O)c1cnc2c(C)cc(C)cc2c1N1CCC(O)CC1. The molecule has 0 amide bonds. The Morgan fingerprint density at radius 1 is 0.418 bits per heavy atom. The number of hydrogen-bond acceptors (Lipinski definition) is 18. The van der Waals surface area contributed by atoms with E-state index in [0.29, 0.717) is 72.9 Å². The number of fused-ring (bicyclic) bond motifs is 4. The normalized spacial score (nSPS) is 16.0. The lowest BCUT2D eigenvalue weighted by molar-refractivity contribution is 0.0517. The van der Waals surface area contributed by atoms with Crippen molar-refractivity contribution in [2.24, 2.45) is 17.3 Å². The van der Waals surface area contributed by atoms with Gasteiger partial charge >= 0.3 is 23.9 Å². The van der Waals surface area contributed by atoms with Gasteiger partial charge in [-0.25, -0.2) is 19.2 Å². The van der Waals surface area contributed by atoms with Crippen LogP contribution in [0, 0.1) is 72.6 Å². The number of carbonyl (C=O) groups is 4. The van der Waals surface area contributed by atoms with E-state index in [2.05, 4.69) is 143 Å². The van der Waals surface area contributed by atoms with Crippen molar-refractivity contribution in [1.29, 1.82) is 0 Å². The summed E-state index contributed by atoms with van der Waals surface area (Å²) >= 11 is 0. The smallest absolute Gasteiger partial charge is 0.341 e. The molecule has 4 aromatic heterocycles. The van der Waals surface area contributed by atoms with E-state index in [1.165, 1.54) is 11.1 Å². The Balaban J connectivity index is 0.000000153. The van der Waals surface area contributed by atoms with E-state index in [4.69, 9.17) is 18.9 Å². The fourth-order valence-corrected chi connectivity index (χ4v) is 14.4. The number of hydrogen-bond donors (Lipinski definition) is 2. The minimum absolute atomic E-state index is 0.230. The summed E-state index contributed by atoms with van der Waals surface area (Å²) in [5.41, 5.74) is 19.3. The predicted octanol–water partition coefficient (Wildman–Crippen LogP) is 15.1. The predicted molar refractivity (Wildman–Crippen MR) is 394 cm³/mol. The number of aliphatic hydroxyl groups excluding tert-OH is 2. The topological polar surface area (TPSA) is 210 Å². The number of pyridine rings is 4. The Bertz CT molecular complexity index is 4040. The van der Waals surface area contributed by atoms with E-state index in [0.717, 1.165) is 197 Å². The van der Waals surface area contributed by atoms with Crippen molar-refractivity contribution in [3.05, 3.63) is 140 Å². The molecule has 524 valence electrons. The highest BCUT2D eigenvalue weighted by Gasteiger charge is 2.32. The first-order valence-electron chi connectivity index (χ1n) is 35.5. The number of anilines is 4. The molecule has 0 bridgehead atoms. The Labute approximate surface area is 579 Å². The molecule has 12 rings (SSSR count). The Morgan fingerprint density at radius 3 is 0.939 bits per heavy atom. The largest absolute Gasteiger partial charge is 0.462 e. The number of nitrogens with zero attached hydrogens (tertiary/aromatic N) is 8. The highest BCUT2D eigenvalue weighted by atomic mass is 16.5. The molecule has 8 heterocycles. The maximum absolute atomic E-state index is 12.6. The molecule has 0 atom stereocenters. The molecule has 4 aliphatic heterocycles. The number of piperidine rings is 4. The molecule has 98 heavy (non-hydrogen) atoms. The number of aliphatic hydroxyl groups is 2. The van der Waals surface area contributed by atoms with Gasteiger partial charge in [0.1, 0.15) is 22.3 Å². The fourth-order valence-electron chi connectivity index (χ4n) is 14.4. The number of esters is 4. The Morgan fingerprint density at radius 2 is 0.673 bits per heavy atom. The quantitative estimate of drug-likeness (QED) is 0.0812.